The Labute approximate surface area is 166 Å². The van der Waals surface area contributed by atoms with Crippen LogP contribution >= 0.6 is 35.0 Å². The lowest BCUT2D eigenvalue weighted by atomic mass is 10.3. The molecule has 0 atom stereocenters. The van der Waals surface area contributed by atoms with Gasteiger partial charge in [-0.3, -0.25) is 9.48 Å². The van der Waals surface area contributed by atoms with E-state index >= 15 is 0 Å². The van der Waals surface area contributed by atoms with Gasteiger partial charge in [0, 0.05) is 14.8 Å². The van der Waals surface area contributed by atoms with E-state index in [-0.39, 0.29) is 12.5 Å². The summed E-state index contributed by atoms with van der Waals surface area (Å²) < 4.78 is 1.61. The molecule has 0 unspecified atom stereocenters. The third kappa shape index (κ3) is 4.41. The molecule has 0 bridgehead atoms. The number of benzene rings is 2. The number of aryl methyl sites for hydroxylation is 1. The first-order chi connectivity index (χ1) is 12.4. The molecule has 4 nitrogen and oxygen atoms in total. The Morgan fingerprint density at radius 1 is 1.12 bits per heavy atom. The molecule has 0 fully saturated rings. The molecule has 0 saturated carbocycles. The van der Waals surface area contributed by atoms with Crippen LogP contribution in [0.1, 0.15) is 11.4 Å². The maximum Gasteiger partial charge on any atom is 0.246 e. The second-order valence-electron chi connectivity index (χ2n) is 5.74. The highest BCUT2D eigenvalue weighted by molar-refractivity contribution is 7.99. The summed E-state index contributed by atoms with van der Waals surface area (Å²) in [7, 11) is 0. The summed E-state index contributed by atoms with van der Waals surface area (Å²) in [6.45, 7) is 3.78. The number of para-hydroxylation sites is 1. The summed E-state index contributed by atoms with van der Waals surface area (Å²) in [5.41, 5.74) is 2.25. The monoisotopic (exact) mass is 405 g/mol. The van der Waals surface area contributed by atoms with Gasteiger partial charge in [0.1, 0.15) is 6.54 Å². The summed E-state index contributed by atoms with van der Waals surface area (Å²) in [4.78, 5) is 14.5. The molecule has 3 aromatic rings. The first kappa shape index (κ1) is 18.8. The number of carbonyl (C=O) groups excluding carboxylic acids is 1. The fourth-order valence-electron chi connectivity index (χ4n) is 2.44. The Balaban J connectivity index is 1.74. The molecular weight excluding hydrogens is 389 g/mol. The van der Waals surface area contributed by atoms with Gasteiger partial charge in [0.2, 0.25) is 5.91 Å². The summed E-state index contributed by atoms with van der Waals surface area (Å²) in [5.74, 6) is -0.156. The van der Waals surface area contributed by atoms with Crippen LogP contribution in [0.15, 0.2) is 58.3 Å². The Morgan fingerprint density at radius 3 is 2.46 bits per heavy atom. The number of carbonyl (C=O) groups is 1. The third-order valence-corrected chi connectivity index (χ3v) is 5.67. The van der Waals surface area contributed by atoms with Crippen molar-refractivity contribution in [2.24, 2.45) is 0 Å². The number of nitrogens with one attached hydrogen (secondary N) is 1. The van der Waals surface area contributed by atoms with E-state index < -0.39 is 0 Å². The van der Waals surface area contributed by atoms with Gasteiger partial charge in [-0.25, -0.2) is 0 Å². The molecule has 1 heterocycles. The number of amides is 1. The second kappa shape index (κ2) is 8.16. The molecule has 7 heteroatoms. The highest BCUT2D eigenvalue weighted by Gasteiger charge is 2.13. The van der Waals surface area contributed by atoms with E-state index in [0.29, 0.717) is 10.0 Å². The van der Waals surface area contributed by atoms with Crippen LogP contribution in [0.2, 0.25) is 10.0 Å². The van der Waals surface area contributed by atoms with Gasteiger partial charge in [0.25, 0.3) is 0 Å². The van der Waals surface area contributed by atoms with E-state index in [1.807, 2.05) is 62.4 Å². The molecule has 26 heavy (non-hydrogen) atoms. The van der Waals surface area contributed by atoms with E-state index in [1.165, 1.54) is 0 Å². The minimum absolute atomic E-state index is 0.110. The maximum absolute atomic E-state index is 12.5. The van der Waals surface area contributed by atoms with Gasteiger partial charge in [-0.2, -0.15) is 5.10 Å². The molecule has 0 radical (unpaired) electrons. The molecule has 1 amide bonds. The number of aromatic nitrogens is 2. The third-order valence-electron chi connectivity index (χ3n) is 3.79. The fourth-order valence-corrected chi connectivity index (χ4v) is 3.61. The Morgan fingerprint density at radius 2 is 1.81 bits per heavy atom. The number of nitrogens with zero attached hydrogens (tertiary/aromatic N) is 2. The minimum atomic E-state index is -0.156. The van der Waals surface area contributed by atoms with Crippen molar-refractivity contribution in [1.82, 2.24) is 9.78 Å². The van der Waals surface area contributed by atoms with Crippen LogP contribution in [-0.2, 0) is 11.3 Å². The molecule has 0 aliphatic rings. The molecule has 0 aliphatic heterocycles. The van der Waals surface area contributed by atoms with Crippen molar-refractivity contribution in [3.05, 3.63) is 70.0 Å². The Bertz CT molecular complexity index is 938. The smallest absolute Gasteiger partial charge is 0.246 e. The molecule has 0 aliphatic carbocycles. The van der Waals surface area contributed by atoms with Crippen LogP contribution in [0.25, 0.3) is 0 Å². The molecule has 2 aromatic carbocycles. The Kier molecular flexibility index (Phi) is 5.91. The summed E-state index contributed by atoms with van der Waals surface area (Å²) in [5, 5.41) is 8.54. The van der Waals surface area contributed by atoms with E-state index in [1.54, 1.807) is 16.4 Å². The van der Waals surface area contributed by atoms with Crippen LogP contribution in [0.3, 0.4) is 0 Å². The zero-order valence-corrected chi connectivity index (χ0v) is 16.6. The number of anilines is 1. The van der Waals surface area contributed by atoms with Crippen LogP contribution in [0.4, 0.5) is 5.69 Å². The lowest BCUT2D eigenvalue weighted by molar-refractivity contribution is -0.116. The summed E-state index contributed by atoms with van der Waals surface area (Å²) in [6, 6.07) is 15.3. The molecule has 1 aromatic heterocycles. The number of halogens is 2. The molecule has 1 N–H and O–H groups in total. The highest BCUT2D eigenvalue weighted by Crippen LogP contribution is 2.34. The average Bonchev–Trinajstić information content (AvgIpc) is 2.85. The molecule has 0 spiro atoms. The summed E-state index contributed by atoms with van der Waals surface area (Å²) in [6.07, 6.45) is 0. The summed E-state index contributed by atoms with van der Waals surface area (Å²) >= 11 is 13.6. The SMILES string of the molecule is Cc1nn(CC(=O)Nc2ccccc2Sc2ccc(Cl)cc2)c(C)c1Cl. The van der Waals surface area contributed by atoms with Gasteiger partial charge >= 0.3 is 0 Å². The largest absolute Gasteiger partial charge is 0.323 e. The first-order valence-corrected chi connectivity index (χ1v) is 9.53. The normalized spacial score (nSPS) is 10.8. The van der Waals surface area contributed by atoms with Crippen LogP contribution in [0.5, 0.6) is 0 Å². The van der Waals surface area contributed by atoms with Crippen molar-refractivity contribution in [1.29, 1.82) is 0 Å². The number of rotatable bonds is 5. The molecule has 3 rings (SSSR count). The first-order valence-electron chi connectivity index (χ1n) is 7.96. The van der Waals surface area contributed by atoms with Gasteiger partial charge in [-0.05, 0) is 50.2 Å². The maximum atomic E-state index is 12.5. The van der Waals surface area contributed by atoms with Gasteiger partial charge in [0.15, 0.2) is 0 Å². The van der Waals surface area contributed by atoms with E-state index in [4.69, 9.17) is 23.2 Å². The Hall–Kier alpha value is -1.95. The van der Waals surface area contributed by atoms with Crippen molar-refractivity contribution in [2.45, 2.75) is 30.2 Å². The van der Waals surface area contributed by atoms with Crippen LogP contribution in [0, 0.1) is 13.8 Å². The van der Waals surface area contributed by atoms with E-state index in [0.717, 1.165) is 26.9 Å². The van der Waals surface area contributed by atoms with Crippen molar-refractivity contribution in [3.8, 4) is 0 Å². The van der Waals surface area contributed by atoms with Gasteiger partial charge in [-0.1, -0.05) is 47.1 Å². The zero-order valence-electron chi connectivity index (χ0n) is 14.3. The highest BCUT2D eigenvalue weighted by atomic mass is 35.5. The molecular formula is C19H17Cl2N3OS. The van der Waals surface area contributed by atoms with Gasteiger partial charge in [-0.15, -0.1) is 0 Å². The van der Waals surface area contributed by atoms with Gasteiger partial charge < -0.3 is 5.32 Å². The van der Waals surface area contributed by atoms with Crippen LogP contribution < -0.4 is 5.32 Å². The lowest BCUT2D eigenvalue weighted by Gasteiger charge is -2.11. The zero-order chi connectivity index (χ0) is 18.7. The lowest BCUT2D eigenvalue weighted by Crippen LogP contribution is -2.20. The van der Waals surface area contributed by atoms with Crippen molar-refractivity contribution < 1.29 is 4.79 Å². The van der Waals surface area contributed by atoms with Crippen molar-refractivity contribution in [3.63, 3.8) is 0 Å². The quantitative estimate of drug-likeness (QED) is 0.600. The fraction of sp³-hybridized carbons (Fsp3) is 0.158. The van der Waals surface area contributed by atoms with Gasteiger partial charge in [0.05, 0.1) is 22.1 Å². The second-order valence-corrected chi connectivity index (χ2v) is 7.67. The number of hydrogen-bond acceptors (Lipinski definition) is 3. The van der Waals surface area contributed by atoms with E-state index in [9.17, 15) is 4.79 Å². The molecule has 134 valence electrons. The predicted octanol–water partition coefficient (Wildman–Crippen LogP) is 5.60. The van der Waals surface area contributed by atoms with Crippen molar-refractivity contribution >= 4 is 46.6 Å². The van der Waals surface area contributed by atoms with Crippen LogP contribution in [-0.4, -0.2) is 15.7 Å². The van der Waals surface area contributed by atoms with E-state index in [2.05, 4.69) is 10.4 Å². The molecule has 0 saturated heterocycles. The predicted molar refractivity (Wildman–Crippen MR) is 107 cm³/mol. The topological polar surface area (TPSA) is 46.9 Å². The average molecular weight is 406 g/mol. The number of hydrogen-bond donors (Lipinski definition) is 1. The standard InChI is InChI=1S/C19H17Cl2N3OS/c1-12-19(21)13(2)24(23-12)11-18(25)22-16-5-3-4-6-17(16)26-15-9-7-14(20)8-10-15/h3-10H,11H2,1-2H3,(H,22,25). The minimum Gasteiger partial charge on any atom is -0.323 e. The van der Waals surface area contributed by atoms with Crippen molar-refractivity contribution in [2.75, 3.05) is 5.32 Å².